The molecule has 3 N–H and O–H groups in total. The van der Waals surface area contributed by atoms with Crippen LogP contribution in [0.15, 0.2) is 30.3 Å². The first-order valence-electron chi connectivity index (χ1n) is 8.20. The maximum Gasteiger partial charge on any atom is 0.225 e. The second-order valence-corrected chi connectivity index (χ2v) is 6.55. The third-order valence-electron chi connectivity index (χ3n) is 4.53. The monoisotopic (exact) mass is 288 g/mol. The van der Waals surface area contributed by atoms with Gasteiger partial charge in [0.1, 0.15) is 0 Å². The van der Waals surface area contributed by atoms with E-state index in [9.17, 15) is 4.79 Å². The fourth-order valence-electron chi connectivity index (χ4n) is 3.22. The minimum atomic E-state index is -0.0301. The molecule has 0 heterocycles. The summed E-state index contributed by atoms with van der Waals surface area (Å²) < 4.78 is 0. The highest BCUT2D eigenvalue weighted by Crippen LogP contribution is 2.26. The number of benzene rings is 1. The van der Waals surface area contributed by atoms with Gasteiger partial charge in [0.05, 0.1) is 12.0 Å². The van der Waals surface area contributed by atoms with Crippen molar-refractivity contribution in [2.24, 2.45) is 17.6 Å². The third-order valence-corrected chi connectivity index (χ3v) is 4.53. The van der Waals surface area contributed by atoms with E-state index >= 15 is 0 Å². The lowest BCUT2D eigenvalue weighted by atomic mass is 9.91. The fraction of sp³-hybridized carbons (Fsp3) is 0.611. The Bertz CT molecular complexity index is 444. The Morgan fingerprint density at radius 2 is 1.81 bits per heavy atom. The molecule has 1 amide bonds. The van der Waals surface area contributed by atoms with Crippen LogP contribution in [0.25, 0.3) is 0 Å². The van der Waals surface area contributed by atoms with Crippen LogP contribution in [-0.4, -0.2) is 11.9 Å². The van der Waals surface area contributed by atoms with Crippen molar-refractivity contribution in [2.75, 3.05) is 0 Å². The number of nitrogens with two attached hydrogens (primary N) is 1. The summed E-state index contributed by atoms with van der Waals surface area (Å²) in [5, 5.41) is 3.24. The van der Waals surface area contributed by atoms with Gasteiger partial charge in [0.2, 0.25) is 5.91 Å². The second-order valence-electron chi connectivity index (χ2n) is 6.55. The fourth-order valence-corrected chi connectivity index (χ4v) is 3.22. The lowest BCUT2D eigenvalue weighted by molar-refractivity contribution is -0.127. The van der Waals surface area contributed by atoms with E-state index in [-0.39, 0.29) is 23.9 Å². The van der Waals surface area contributed by atoms with Gasteiger partial charge < -0.3 is 11.1 Å². The number of nitrogens with one attached hydrogen (secondary N) is 1. The molecule has 0 aliphatic heterocycles. The van der Waals surface area contributed by atoms with Crippen LogP contribution in [0.4, 0.5) is 0 Å². The predicted octanol–water partition coefficient (Wildman–Crippen LogP) is 3.41. The summed E-state index contributed by atoms with van der Waals surface area (Å²) in [7, 11) is 0. The molecule has 0 bridgehead atoms. The number of rotatable bonds is 4. The molecule has 1 aromatic carbocycles. The first-order valence-corrected chi connectivity index (χ1v) is 8.20. The maximum atomic E-state index is 12.7. The van der Waals surface area contributed by atoms with Crippen LogP contribution >= 0.6 is 0 Å². The number of carbonyl (C=O) groups excluding carboxylic acids is 1. The predicted molar refractivity (Wildman–Crippen MR) is 86.7 cm³/mol. The molecule has 3 unspecified atom stereocenters. The van der Waals surface area contributed by atoms with Crippen molar-refractivity contribution in [2.45, 2.75) is 58.0 Å². The van der Waals surface area contributed by atoms with E-state index in [0.717, 1.165) is 25.7 Å². The van der Waals surface area contributed by atoms with E-state index in [2.05, 4.69) is 31.3 Å². The highest BCUT2D eigenvalue weighted by atomic mass is 16.2. The molecule has 0 aromatic heterocycles. The Balaban J connectivity index is 2.07. The summed E-state index contributed by atoms with van der Waals surface area (Å²) in [5.41, 5.74) is 7.38. The smallest absolute Gasteiger partial charge is 0.225 e. The van der Waals surface area contributed by atoms with Crippen LogP contribution in [0.3, 0.4) is 0 Å². The van der Waals surface area contributed by atoms with Crippen LogP contribution in [0, 0.1) is 11.8 Å². The van der Waals surface area contributed by atoms with E-state index < -0.39 is 0 Å². The number of hydrogen-bond donors (Lipinski definition) is 2. The summed E-state index contributed by atoms with van der Waals surface area (Å²) in [6.45, 7) is 4.29. The number of carbonyl (C=O) groups is 1. The van der Waals surface area contributed by atoms with Gasteiger partial charge in [-0.3, -0.25) is 4.79 Å². The van der Waals surface area contributed by atoms with Crippen molar-refractivity contribution in [1.29, 1.82) is 0 Å². The first kappa shape index (κ1) is 16.0. The average molecular weight is 288 g/mol. The molecule has 0 saturated heterocycles. The number of amides is 1. The van der Waals surface area contributed by atoms with Crippen LogP contribution in [0.2, 0.25) is 0 Å². The van der Waals surface area contributed by atoms with E-state index in [1.165, 1.54) is 12.0 Å². The Kier molecular flexibility index (Phi) is 5.80. The minimum Gasteiger partial charge on any atom is -0.349 e. The van der Waals surface area contributed by atoms with Crippen molar-refractivity contribution >= 4 is 5.91 Å². The average Bonchev–Trinajstić information content (AvgIpc) is 2.69. The quantitative estimate of drug-likeness (QED) is 0.834. The second kappa shape index (κ2) is 7.60. The topological polar surface area (TPSA) is 55.1 Å². The number of hydrogen-bond acceptors (Lipinski definition) is 2. The Morgan fingerprint density at radius 3 is 2.48 bits per heavy atom. The summed E-state index contributed by atoms with van der Waals surface area (Å²) in [4.78, 5) is 12.7. The third kappa shape index (κ3) is 4.31. The molecule has 116 valence electrons. The molecule has 1 aromatic rings. The normalized spacial score (nSPS) is 24.4. The van der Waals surface area contributed by atoms with Crippen molar-refractivity contribution in [3.05, 3.63) is 35.9 Å². The van der Waals surface area contributed by atoms with Crippen molar-refractivity contribution in [3.8, 4) is 0 Å². The van der Waals surface area contributed by atoms with E-state index in [0.29, 0.717) is 5.92 Å². The van der Waals surface area contributed by atoms with Crippen LogP contribution in [0.5, 0.6) is 0 Å². The van der Waals surface area contributed by atoms with Gasteiger partial charge in [-0.1, -0.05) is 63.4 Å². The molecule has 0 spiro atoms. The molecule has 2 rings (SSSR count). The molecule has 1 fully saturated rings. The Labute approximate surface area is 128 Å². The molecule has 3 heteroatoms. The van der Waals surface area contributed by atoms with Gasteiger partial charge in [-0.05, 0) is 24.3 Å². The van der Waals surface area contributed by atoms with Gasteiger partial charge in [0, 0.05) is 6.04 Å². The van der Waals surface area contributed by atoms with Crippen LogP contribution in [-0.2, 0) is 4.79 Å². The zero-order chi connectivity index (χ0) is 15.2. The van der Waals surface area contributed by atoms with Gasteiger partial charge >= 0.3 is 0 Å². The highest BCUT2D eigenvalue weighted by molar-refractivity contribution is 5.80. The van der Waals surface area contributed by atoms with E-state index in [1.807, 2.05) is 18.2 Å². The molecule has 1 saturated carbocycles. The molecule has 21 heavy (non-hydrogen) atoms. The summed E-state index contributed by atoms with van der Waals surface area (Å²) in [5.74, 6) is 0.461. The lowest BCUT2D eigenvalue weighted by Crippen LogP contribution is -2.43. The molecule has 3 nitrogen and oxygen atoms in total. The largest absolute Gasteiger partial charge is 0.349 e. The van der Waals surface area contributed by atoms with Gasteiger partial charge in [-0.2, -0.15) is 0 Å². The van der Waals surface area contributed by atoms with E-state index in [1.54, 1.807) is 0 Å². The Hall–Kier alpha value is -1.35. The van der Waals surface area contributed by atoms with Crippen LogP contribution in [0.1, 0.15) is 57.6 Å². The van der Waals surface area contributed by atoms with Crippen molar-refractivity contribution < 1.29 is 4.79 Å². The standard InChI is InChI=1S/C18H28N2O/c1-13(2)17(14-9-5-3-6-10-14)20-18(21)15-11-7-4-8-12-16(15)19/h3,5-6,9-10,13,15-17H,4,7-8,11-12,19H2,1-2H3,(H,20,21). The van der Waals surface area contributed by atoms with Gasteiger partial charge in [0.25, 0.3) is 0 Å². The van der Waals surface area contributed by atoms with Crippen molar-refractivity contribution in [1.82, 2.24) is 5.32 Å². The summed E-state index contributed by atoms with van der Waals surface area (Å²) in [6.07, 6.45) is 5.35. The molecular formula is C18H28N2O. The van der Waals surface area contributed by atoms with Gasteiger partial charge in [-0.25, -0.2) is 0 Å². The minimum absolute atomic E-state index is 0.0103. The SMILES string of the molecule is CC(C)C(NC(=O)C1CCCCCC1N)c1ccccc1. The molecule has 1 aliphatic rings. The highest BCUT2D eigenvalue weighted by Gasteiger charge is 2.29. The molecule has 3 atom stereocenters. The van der Waals surface area contributed by atoms with Gasteiger partial charge in [0.15, 0.2) is 0 Å². The lowest BCUT2D eigenvalue weighted by Gasteiger charge is -2.27. The molecule has 1 aliphatic carbocycles. The van der Waals surface area contributed by atoms with Crippen LogP contribution < -0.4 is 11.1 Å². The zero-order valence-corrected chi connectivity index (χ0v) is 13.2. The maximum absolute atomic E-state index is 12.7. The Morgan fingerprint density at radius 1 is 1.14 bits per heavy atom. The molecular weight excluding hydrogens is 260 g/mol. The zero-order valence-electron chi connectivity index (χ0n) is 13.2. The summed E-state index contributed by atoms with van der Waals surface area (Å²) >= 11 is 0. The molecule has 0 radical (unpaired) electrons. The van der Waals surface area contributed by atoms with Gasteiger partial charge in [-0.15, -0.1) is 0 Å². The summed E-state index contributed by atoms with van der Waals surface area (Å²) in [6, 6.07) is 10.3. The van der Waals surface area contributed by atoms with E-state index in [4.69, 9.17) is 5.73 Å². The van der Waals surface area contributed by atoms with Crippen molar-refractivity contribution in [3.63, 3.8) is 0 Å². The first-order chi connectivity index (χ1) is 10.1.